The molecule has 0 spiro atoms. The van der Waals surface area contributed by atoms with E-state index in [9.17, 15) is 0 Å². The third-order valence-electron chi connectivity index (χ3n) is 6.33. The molecule has 1 saturated carbocycles. The van der Waals surface area contributed by atoms with Crippen molar-refractivity contribution in [3.8, 4) is 0 Å². The lowest BCUT2D eigenvalue weighted by molar-refractivity contribution is 0.311. The Labute approximate surface area is 152 Å². The second-order valence-electron chi connectivity index (χ2n) is 7.80. The van der Waals surface area contributed by atoms with Crippen LogP contribution in [0.2, 0.25) is 10.0 Å². The molecule has 2 heterocycles. The van der Waals surface area contributed by atoms with Crippen molar-refractivity contribution >= 4 is 34.6 Å². The van der Waals surface area contributed by atoms with Crippen LogP contribution in [0.15, 0.2) is 36.4 Å². The van der Waals surface area contributed by atoms with Crippen molar-refractivity contribution in [3.63, 3.8) is 0 Å². The highest BCUT2D eigenvalue weighted by atomic mass is 35.5. The van der Waals surface area contributed by atoms with Crippen LogP contribution in [0.4, 0.5) is 11.4 Å². The monoisotopic (exact) mass is 358 g/mol. The van der Waals surface area contributed by atoms with Crippen LogP contribution in [-0.2, 0) is 0 Å². The van der Waals surface area contributed by atoms with Crippen LogP contribution < -0.4 is 10.6 Å². The molecule has 4 heteroatoms. The summed E-state index contributed by atoms with van der Waals surface area (Å²) in [6.45, 7) is 4.68. The minimum absolute atomic E-state index is 0.0859. The molecule has 0 saturated heterocycles. The predicted octanol–water partition coefficient (Wildman–Crippen LogP) is 5.88. The number of halogens is 2. The first-order valence-corrected chi connectivity index (χ1v) is 9.35. The summed E-state index contributed by atoms with van der Waals surface area (Å²) in [7, 11) is 0. The summed E-state index contributed by atoms with van der Waals surface area (Å²) < 4.78 is 0. The molecule has 5 atom stereocenters. The first-order chi connectivity index (χ1) is 11.5. The Hall–Kier alpha value is -1.38. The Kier molecular flexibility index (Phi) is 3.00. The van der Waals surface area contributed by atoms with E-state index >= 15 is 0 Å². The van der Waals surface area contributed by atoms with Gasteiger partial charge in [-0.2, -0.15) is 0 Å². The van der Waals surface area contributed by atoms with Gasteiger partial charge < -0.3 is 10.6 Å². The molecule has 2 bridgehead atoms. The van der Waals surface area contributed by atoms with Crippen molar-refractivity contribution < 1.29 is 0 Å². The van der Waals surface area contributed by atoms with Gasteiger partial charge in [0.05, 0.1) is 0 Å². The van der Waals surface area contributed by atoms with Crippen LogP contribution in [0, 0.1) is 5.92 Å². The van der Waals surface area contributed by atoms with Crippen molar-refractivity contribution in [3.05, 3.63) is 57.6 Å². The van der Waals surface area contributed by atoms with Crippen LogP contribution in [0.1, 0.15) is 43.2 Å². The lowest BCUT2D eigenvalue weighted by Gasteiger charge is -2.43. The topological polar surface area (TPSA) is 24.1 Å². The number of hydrogen-bond acceptors (Lipinski definition) is 2. The molecule has 2 nitrogen and oxygen atoms in total. The highest BCUT2D eigenvalue weighted by Gasteiger charge is 2.58. The van der Waals surface area contributed by atoms with Gasteiger partial charge in [0.15, 0.2) is 0 Å². The summed E-state index contributed by atoms with van der Waals surface area (Å²) >= 11 is 12.7. The van der Waals surface area contributed by atoms with Crippen molar-refractivity contribution in [1.82, 2.24) is 0 Å². The van der Waals surface area contributed by atoms with E-state index in [0.717, 1.165) is 16.5 Å². The largest absolute Gasteiger partial charge is 0.382 e. The van der Waals surface area contributed by atoms with E-state index in [1.807, 2.05) is 12.1 Å². The maximum atomic E-state index is 6.34. The van der Waals surface area contributed by atoms with E-state index in [2.05, 4.69) is 48.7 Å². The van der Waals surface area contributed by atoms with Gasteiger partial charge in [0.25, 0.3) is 0 Å². The van der Waals surface area contributed by atoms with Crippen molar-refractivity contribution in [1.29, 1.82) is 0 Å². The van der Waals surface area contributed by atoms with Gasteiger partial charge in [-0.3, -0.25) is 0 Å². The lowest BCUT2D eigenvalue weighted by atomic mass is 9.72. The van der Waals surface area contributed by atoms with Gasteiger partial charge in [-0.1, -0.05) is 23.2 Å². The van der Waals surface area contributed by atoms with Gasteiger partial charge in [0, 0.05) is 38.9 Å². The average molecular weight is 359 g/mol. The summed E-state index contributed by atoms with van der Waals surface area (Å²) in [5.74, 6) is 1.46. The van der Waals surface area contributed by atoms with Gasteiger partial charge in [0.2, 0.25) is 0 Å². The van der Waals surface area contributed by atoms with Gasteiger partial charge in [0.1, 0.15) is 0 Å². The third-order valence-corrected chi connectivity index (χ3v) is 6.80. The van der Waals surface area contributed by atoms with Gasteiger partial charge in [-0.05, 0) is 79.6 Å². The SMILES string of the molecule is C[C@@H]1Nc2ccc(Cl)cc2[C@H]2[C@@H]1[C@]1(C)C[C@H]2c2cc(Cl)ccc2N1. The van der Waals surface area contributed by atoms with Gasteiger partial charge in [-0.25, -0.2) is 0 Å². The minimum atomic E-state index is 0.0859. The number of fused-ring (bicyclic) bond motifs is 9. The molecule has 0 unspecified atom stereocenters. The highest BCUT2D eigenvalue weighted by molar-refractivity contribution is 6.31. The second-order valence-corrected chi connectivity index (χ2v) is 8.67. The molecule has 0 amide bonds. The number of hydrogen-bond donors (Lipinski definition) is 2. The fraction of sp³-hybridized carbons (Fsp3) is 0.400. The fourth-order valence-electron chi connectivity index (χ4n) is 5.61. The van der Waals surface area contributed by atoms with Crippen molar-refractivity contribution in [2.45, 2.75) is 43.7 Å². The van der Waals surface area contributed by atoms with Gasteiger partial charge in [-0.15, -0.1) is 0 Å². The van der Waals surface area contributed by atoms with Crippen LogP contribution >= 0.6 is 23.2 Å². The molecular weight excluding hydrogens is 339 g/mol. The van der Waals surface area contributed by atoms with E-state index in [1.54, 1.807) is 0 Å². The highest BCUT2D eigenvalue weighted by Crippen LogP contribution is 2.63. The number of nitrogens with one attached hydrogen (secondary N) is 2. The van der Waals surface area contributed by atoms with E-state index in [1.165, 1.54) is 22.5 Å². The minimum Gasteiger partial charge on any atom is -0.382 e. The first-order valence-electron chi connectivity index (χ1n) is 8.60. The Balaban J connectivity index is 1.74. The molecule has 2 aliphatic heterocycles. The molecule has 2 aromatic rings. The van der Waals surface area contributed by atoms with Crippen LogP contribution in [0.5, 0.6) is 0 Å². The quantitative estimate of drug-likeness (QED) is 0.614. The molecule has 0 aromatic heterocycles. The van der Waals surface area contributed by atoms with E-state index in [-0.39, 0.29) is 5.54 Å². The molecule has 2 N–H and O–H groups in total. The number of anilines is 2. The summed E-state index contributed by atoms with van der Waals surface area (Å²) in [5, 5.41) is 9.18. The Bertz CT molecular complexity index is 850. The second kappa shape index (κ2) is 4.83. The Morgan fingerprint density at radius 1 is 1.00 bits per heavy atom. The molecule has 2 aromatic carbocycles. The number of benzene rings is 2. The molecular formula is C20H20Cl2N2. The summed E-state index contributed by atoms with van der Waals surface area (Å²) in [6, 6.07) is 12.9. The average Bonchev–Trinajstić information content (AvgIpc) is 2.79. The molecule has 124 valence electrons. The lowest BCUT2D eigenvalue weighted by Crippen LogP contribution is -2.49. The molecule has 5 rings (SSSR count). The zero-order chi connectivity index (χ0) is 16.6. The van der Waals surface area contributed by atoms with Crippen LogP contribution in [-0.4, -0.2) is 11.6 Å². The zero-order valence-corrected chi connectivity index (χ0v) is 15.2. The summed E-state index contributed by atoms with van der Waals surface area (Å²) in [4.78, 5) is 0. The third kappa shape index (κ3) is 1.90. The van der Waals surface area contributed by atoms with E-state index in [4.69, 9.17) is 23.2 Å². The molecule has 1 fully saturated rings. The Morgan fingerprint density at radius 2 is 1.67 bits per heavy atom. The smallest absolute Gasteiger partial charge is 0.0410 e. The summed E-state index contributed by atoms with van der Waals surface area (Å²) in [6.07, 6.45) is 1.13. The maximum absolute atomic E-state index is 6.34. The van der Waals surface area contributed by atoms with Gasteiger partial charge >= 0.3 is 0 Å². The standard InChI is InChI=1S/C20H20Cl2N2/c1-10-19-18(14-8-12(22)3-5-16(14)23-10)15-9-20(19,2)24-17-6-4-11(21)7-13(15)17/h3-8,10,15,18-19,23-24H,9H2,1-2H3/t10-,15-,18+,19+,20-/m0/s1. The zero-order valence-electron chi connectivity index (χ0n) is 13.7. The van der Waals surface area contributed by atoms with Crippen LogP contribution in [0.25, 0.3) is 0 Å². The maximum Gasteiger partial charge on any atom is 0.0410 e. The van der Waals surface area contributed by atoms with E-state index < -0.39 is 0 Å². The molecule has 1 aliphatic carbocycles. The van der Waals surface area contributed by atoms with Crippen molar-refractivity contribution in [2.75, 3.05) is 10.6 Å². The fourth-order valence-corrected chi connectivity index (χ4v) is 5.98. The Morgan fingerprint density at radius 3 is 2.42 bits per heavy atom. The molecule has 3 aliphatic rings. The van der Waals surface area contributed by atoms with Crippen LogP contribution in [0.3, 0.4) is 0 Å². The predicted molar refractivity (Wildman–Crippen MR) is 102 cm³/mol. The first kappa shape index (κ1) is 14.9. The van der Waals surface area contributed by atoms with Crippen molar-refractivity contribution in [2.24, 2.45) is 5.92 Å². The molecule has 0 radical (unpaired) electrons. The number of rotatable bonds is 0. The normalized spacial score (nSPS) is 35.3. The summed E-state index contributed by atoms with van der Waals surface area (Å²) in [5.41, 5.74) is 5.26. The molecule has 24 heavy (non-hydrogen) atoms. The van der Waals surface area contributed by atoms with E-state index in [0.29, 0.717) is 23.8 Å².